The lowest BCUT2D eigenvalue weighted by atomic mass is 10.1. The van der Waals surface area contributed by atoms with Gasteiger partial charge in [-0.05, 0) is 24.6 Å². The lowest BCUT2D eigenvalue weighted by Gasteiger charge is -2.30. The number of aliphatic hydroxyl groups is 2. The fourth-order valence-corrected chi connectivity index (χ4v) is 8.89. The first-order valence-electron chi connectivity index (χ1n) is 18.1. The second-order valence-corrected chi connectivity index (χ2v) is 17.5. The predicted octanol–water partition coefficient (Wildman–Crippen LogP) is 1.29. The quantitative estimate of drug-likeness (QED) is 0.0512. The maximum Gasteiger partial charge on any atom is 0.340 e. The van der Waals surface area contributed by atoms with Crippen LogP contribution in [0.1, 0.15) is 17.6 Å². The Morgan fingerprint density at radius 3 is 2.30 bits per heavy atom. The van der Waals surface area contributed by atoms with E-state index in [1.165, 1.54) is 10.9 Å². The Balaban J connectivity index is 1.29. The van der Waals surface area contributed by atoms with Crippen LogP contribution in [-0.4, -0.2) is 161 Å². The van der Waals surface area contributed by atoms with Crippen molar-refractivity contribution in [2.75, 3.05) is 108 Å². The van der Waals surface area contributed by atoms with E-state index in [-0.39, 0.29) is 18.9 Å². The van der Waals surface area contributed by atoms with Gasteiger partial charge in [-0.15, -0.1) is 6.42 Å². The molecular formula is C34H49ClN6O14P2. The molecule has 5 N–H and O–H groups in total. The summed E-state index contributed by atoms with van der Waals surface area (Å²) < 4.78 is 63.0. The van der Waals surface area contributed by atoms with E-state index in [2.05, 4.69) is 20.9 Å². The van der Waals surface area contributed by atoms with Gasteiger partial charge in [0, 0.05) is 36.9 Å². The molecule has 2 aromatic heterocycles. The van der Waals surface area contributed by atoms with Gasteiger partial charge >= 0.3 is 15.2 Å². The van der Waals surface area contributed by atoms with E-state index < -0.39 is 52.2 Å². The molecule has 20 nitrogen and oxygen atoms in total. The van der Waals surface area contributed by atoms with Crippen LogP contribution < -0.4 is 9.80 Å². The summed E-state index contributed by atoms with van der Waals surface area (Å²) >= 11 is 6.88. The van der Waals surface area contributed by atoms with Crippen LogP contribution in [0.5, 0.6) is 0 Å². The van der Waals surface area contributed by atoms with E-state index in [1.54, 1.807) is 6.92 Å². The van der Waals surface area contributed by atoms with Crippen molar-refractivity contribution >= 4 is 49.3 Å². The number of aromatic nitrogens is 4. The van der Waals surface area contributed by atoms with E-state index in [1.807, 2.05) is 23.1 Å². The molecule has 4 heterocycles. The molecule has 0 aliphatic carbocycles. The molecule has 2 aliphatic heterocycles. The molecule has 2 aliphatic rings. The molecule has 0 bridgehead atoms. The topological polar surface area (TPSA) is 250 Å². The number of anilines is 2. The van der Waals surface area contributed by atoms with Crippen molar-refractivity contribution in [1.29, 1.82) is 0 Å². The van der Waals surface area contributed by atoms with Gasteiger partial charge in [-0.25, -0.2) is 14.6 Å². The molecule has 5 atom stereocenters. The number of rotatable bonds is 23. The highest BCUT2D eigenvalue weighted by Crippen LogP contribution is 2.55. The highest BCUT2D eigenvalue weighted by atomic mass is 35.5. The van der Waals surface area contributed by atoms with Crippen LogP contribution in [0.15, 0.2) is 24.4 Å². The lowest BCUT2D eigenvalue weighted by Crippen LogP contribution is -2.36. The Labute approximate surface area is 334 Å². The van der Waals surface area contributed by atoms with Gasteiger partial charge in [0.2, 0.25) is 0 Å². The minimum atomic E-state index is -4.89. The SMILES string of the molecule is C#CCOCCOCCOCCOCCN(Cc1ccc(N2CCOCC2)cc1Cl)c1nc(C)nc2c1cnn2[C@@H]1O[C@H](COP(=O)(O)CP(=O)(O)O)[C@@H](O)[C@H]1O. The number of halogens is 1. The summed E-state index contributed by atoms with van der Waals surface area (Å²) in [6.07, 6.45) is 0.767. The monoisotopic (exact) mass is 862 g/mol. The predicted molar refractivity (Wildman–Crippen MR) is 206 cm³/mol. The second kappa shape index (κ2) is 21.5. The maximum atomic E-state index is 12.2. The first-order valence-corrected chi connectivity index (χ1v) is 22.0. The van der Waals surface area contributed by atoms with Gasteiger partial charge in [-0.3, -0.25) is 9.13 Å². The highest BCUT2D eigenvalue weighted by molar-refractivity contribution is 7.70. The van der Waals surface area contributed by atoms with E-state index >= 15 is 0 Å². The van der Waals surface area contributed by atoms with Crippen LogP contribution in [0.2, 0.25) is 5.02 Å². The molecule has 0 saturated carbocycles. The van der Waals surface area contributed by atoms with Crippen molar-refractivity contribution in [1.82, 2.24) is 19.7 Å². The number of ether oxygens (including phenoxy) is 6. The highest BCUT2D eigenvalue weighted by Gasteiger charge is 2.46. The zero-order valence-electron chi connectivity index (χ0n) is 31.4. The van der Waals surface area contributed by atoms with Crippen LogP contribution in [0.3, 0.4) is 0 Å². The first kappa shape index (κ1) is 45.3. The van der Waals surface area contributed by atoms with Crippen molar-refractivity contribution in [3.63, 3.8) is 0 Å². The summed E-state index contributed by atoms with van der Waals surface area (Å²) in [6, 6.07) is 5.90. The molecular weight excluding hydrogens is 814 g/mol. The number of fused-ring (bicyclic) bond motifs is 1. The van der Waals surface area contributed by atoms with Gasteiger partial charge in [0.1, 0.15) is 36.6 Å². The molecule has 23 heteroatoms. The number of aryl methyl sites for hydroxylation is 1. The van der Waals surface area contributed by atoms with Gasteiger partial charge in [-0.1, -0.05) is 23.6 Å². The number of benzene rings is 1. The van der Waals surface area contributed by atoms with Crippen LogP contribution in [0.25, 0.3) is 11.0 Å². The van der Waals surface area contributed by atoms with Crippen LogP contribution >= 0.6 is 26.8 Å². The van der Waals surface area contributed by atoms with Gasteiger partial charge < -0.3 is 67.6 Å². The van der Waals surface area contributed by atoms with Crippen molar-refractivity contribution in [2.24, 2.45) is 0 Å². The smallest absolute Gasteiger partial charge is 0.340 e. The second-order valence-electron chi connectivity index (χ2n) is 13.1. The fraction of sp³-hybridized carbons (Fsp3) is 0.618. The van der Waals surface area contributed by atoms with Crippen molar-refractivity contribution in [3.8, 4) is 12.3 Å². The molecule has 5 rings (SSSR count). The average Bonchev–Trinajstić information content (AvgIpc) is 3.71. The number of morpholine rings is 1. The van der Waals surface area contributed by atoms with Gasteiger partial charge in [-0.2, -0.15) is 5.10 Å². The van der Waals surface area contributed by atoms with Crippen LogP contribution in [0.4, 0.5) is 11.5 Å². The first-order chi connectivity index (χ1) is 27.3. The zero-order valence-corrected chi connectivity index (χ0v) is 33.9. The standard InChI is InChI=1S/C34H49ClN6O14P2/c1-3-9-49-13-15-52-17-18-53-16-14-51-12-8-40(21-25-4-5-26(19-28(25)35)39-6-10-50-11-7-39)32-27-20-36-41(33(27)38-24(2)37-32)34-31(43)30(42)29(55-34)22-54-57(47,48)23-56(44,45)46/h1,4-5,19-20,29-31,34,42-43H,6-18,21-23H2,2H3,(H,47,48)(H2,44,45,46)/t29-,30-,31-,34-/m1/s1. The summed E-state index contributed by atoms with van der Waals surface area (Å²) in [7, 11) is -9.65. The molecule has 0 spiro atoms. The number of hydrogen-bond acceptors (Lipinski definition) is 16. The van der Waals surface area contributed by atoms with E-state index in [4.69, 9.17) is 65.7 Å². The molecule has 0 radical (unpaired) electrons. The Morgan fingerprint density at radius 1 is 0.982 bits per heavy atom. The third-order valence-corrected chi connectivity index (χ3v) is 12.6. The molecule has 2 fully saturated rings. The summed E-state index contributed by atoms with van der Waals surface area (Å²) in [5.41, 5.74) is 2.05. The number of aliphatic hydroxyl groups excluding tert-OH is 2. The largest absolute Gasteiger partial charge is 0.387 e. The Hall–Kier alpha value is -2.80. The van der Waals surface area contributed by atoms with Gasteiger partial charge in [0.15, 0.2) is 17.8 Å². The molecule has 3 aromatic rings. The Bertz CT molecular complexity index is 1890. The van der Waals surface area contributed by atoms with Crippen molar-refractivity contribution in [2.45, 2.75) is 38.0 Å². The van der Waals surface area contributed by atoms with Crippen molar-refractivity contribution < 1.29 is 67.0 Å². The molecule has 1 aromatic carbocycles. The Morgan fingerprint density at radius 2 is 1.65 bits per heavy atom. The van der Waals surface area contributed by atoms with Crippen molar-refractivity contribution in [3.05, 3.63) is 40.8 Å². The minimum Gasteiger partial charge on any atom is -0.387 e. The average molecular weight is 863 g/mol. The summed E-state index contributed by atoms with van der Waals surface area (Å²) in [4.78, 5) is 41.6. The van der Waals surface area contributed by atoms with E-state index in [0.717, 1.165) is 24.3 Å². The van der Waals surface area contributed by atoms with E-state index in [0.29, 0.717) is 88.0 Å². The van der Waals surface area contributed by atoms with Gasteiger partial charge in [0.25, 0.3) is 0 Å². The van der Waals surface area contributed by atoms with E-state index in [9.17, 15) is 24.2 Å². The Kier molecular flexibility index (Phi) is 17.0. The molecule has 316 valence electrons. The third-order valence-electron chi connectivity index (χ3n) is 8.81. The molecule has 57 heavy (non-hydrogen) atoms. The minimum absolute atomic E-state index is 0.240. The molecule has 2 saturated heterocycles. The normalized spacial score (nSPS) is 21.2. The molecule has 1 unspecified atom stereocenters. The summed E-state index contributed by atoms with van der Waals surface area (Å²) in [5.74, 6) is 1.80. The van der Waals surface area contributed by atoms with Crippen LogP contribution in [-0.2, 0) is 48.6 Å². The number of terminal acetylenes is 1. The number of nitrogens with zero attached hydrogens (tertiary/aromatic N) is 6. The van der Waals surface area contributed by atoms with Gasteiger partial charge in [0.05, 0.1) is 77.7 Å². The zero-order chi connectivity index (χ0) is 41.0. The lowest BCUT2D eigenvalue weighted by molar-refractivity contribution is -0.0541. The summed E-state index contributed by atoms with van der Waals surface area (Å²) in [5, 5.41) is 27.2. The summed E-state index contributed by atoms with van der Waals surface area (Å²) in [6.45, 7) is 7.16. The molecule has 0 amide bonds. The third kappa shape index (κ3) is 13.4. The maximum absolute atomic E-state index is 12.2. The fourth-order valence-electron chi connectivity index (χ4n) is 6.09. The van der Waals surface area contributed by atoms with Crippen LogP contribution in [0, 0.1) is 19.3 Å². The number of hydrogen-bond donors (Lipinski definition) is 5.